The number of aliphatic hydroxyl groups is 1. The third-order valence-corrected chi connectivity index (χ3v) is 5.43. The zero-order chi connectivity index (χ0) is 22.7. The molecule has 7 heteroatoms. The largest absolute Gasteiger partial charge is 0.394 e. The van der Waals surface area contributed by atoms with Gasteiger partial charge >= 0.3 is 0 Å². The lowest BCUT2D eigenvalue weighted by Crippen LogP contribution is -2.27. The lowest BCUT2D eigenvalue weighted by molar-refractivity contribution is -0.121. The second-order valence-electron chi connectivity index (χ2n) is 7.98. The molecule has 0 radical (unpaired) electrons. The lowest BCUT2D eigenvalue weighted by Gasteiger charge is -2.07. The minimum Gasteiger partial charge on any atom is -0.394 e. The summed E-state index contributed by atoms with van der Waals surface area (Å²) in [5, 5.41) is 11.5. The molecular weight excluding hydrogens is 414 g/mol. The van der Waals surface area contributed by atoms with Crippen LogP contribution in [0.15, 0.2) is 0 Å². The molecule has 0 fully saturated rings. The quantitative estimate of drug-likeness (QED) is 0.130. The Morgan fingerprint density at radius 3 is 1.52 bits per heavy atom. The summed E-state index contributed by atoms with van der Waals surface area (Å²) < 4.78 is 15.8. The monoisotopic (exact) mass is 463 g/mol. The SMILES string of the molecule is O=C(CCCCCCCCCCCCCCCS)NCCOCCOCCOCCO. The van der Waals surface area contributed by atoms with E-state index in [-0.39, 0.29) is 12.5 Å². The van der Waals surface area contributed by atoms with Crippen molar-refractivity contribution in [2.75, 3.05) is 58.5 Å². The van der Waals surface area contributed by atoms with Crippen molar-refractivity contribution in [3.63, 3.8) is 0 Å². The molecule has 0 aromatic carbocycles. The molecule has 0 aliphatic rings. The Morgan fingerprint density at radius 1 is 0.613 bits per heavy atom. The Morgan fingerprint density at radius 2 is 1.03 bits per heavy atom. The van der Waals surface area contributed by atoms with E-state index in [4.69, 9.17) is 19.3 Å². The predicted molar refractivity (Wildman–Crippen MR) is 131 cm³/mol. The molecule has 0 rings (SSSR count). The number of ether oxygens (including phenoxy) is 3. The summed E-state index contributed by atoms with van der Waals surface area (Å²) in [6.45, 7) is 3.42. The highest BCUT2D eigenvalue weighted by atomic mass is 32.1. The Balaban J connectivity index is 3.13. The summed E-state index contributed by atoms with van der Waals surface area (Å²) in [6, 6.07) is 0. The summed E-state index contributed by atoms with van der Waals surface area (Å²) >= 11 is 4.25. The predicted octanol–water partition coefficient (Wildman–Crippen LogP) is 4.54. The van der Waals surface area contributed by atoms with Crippen molar-refractivity contribution < 1.29 is 24.1 Å². The summed E-state index contributed by atoms with van der Waals surface area (Å²) in [4.78, 5) is 11.8. The van der Waals surface area contributed by atoms with Crippen molar-refractivity contribution in [3.8, 4) is 0 Å². The number of amides is 1. The molecule has 0 heterocycles. The zero-order valence-electron chi connectivity index (χ0n) is 19.8. The van der Waals surface area contributed by atoms with Crippen molar-refractivity contribution >= 4 is 18.5 Å². The average molecular weight is 464 g/mol. The van der Waals surface area contributed by atoms with Gasteiger partial charge in [-0.1, -0.05) is 70.6 Å². The molecule has 0 saturated carbocycles. The standard InChI is InChI=1S/C24H49NO5S/c26-16-18-29-20-22-30-21-19-28-17-15-25-24(27)14-12-10-8-6-4-2-1-3-5-7-9-11-13-23-31/h26,31H,1-23H2,(H,25,27). The van der Waals surface area contributed by atoms with Gasteiger partial charge in [-0.2, -0.15) is 12.6 Å². The van der Waals surface area contributed by atoms with Crippen LogP contribution in [0, 0.1) is 0 Å². The number of unbranched alkanes of at least 4 members (excludes halogenated alkanes) is 12. The van der Waals surface area contributed by atoms with Crippen LogP contribution in [0.5, 0.6) is 0 Å². The van der Waals surface area contributed by atoms with Gasteiger partial charge in [0, 0.05) is 13.0 Å². The van der Waals surface area contributed by atoms with Gasteiger partial charge in [-0.15, -0.1) is 0 Å². The summed E-state index contributed by atoms with van der Waals surface area (Å²) in [6.07, 6.45) is 17.5. The van der Waals surface area contributed by atoms with Crippen molar-refractivity contribution in [2.24, 2.45) is 0 Å². The van der Waals surface area contributed by atoms with E-state index in [0.29, 0.717) is 52.6 Å². The first kappa shape index (κ1) is 30.7. The number of nitrogens with one attached hydrogen (secondary N) is 1. The van der Waals surface area contributed by atoms with E-state index >= 15 is 0 Å². The minimum absolute atomic E-state index is 0.0345. The van der Waals surface area contributed by atoms with Gasteiger partial charge in [0.2, 0.25) is 5.91 Å². The molecule has 2 N–H and O–H groups in total. The number of rotatable bonds is 26. The second kappa shape index (κ2) is 27.7. The molecule has 186 valence electrons. The van der Waals surface area contributed by atoms with Gasteiger partial charge in [0.1, 0.15) is 0 Å². The fourth-order valence-corrected chi connectivity index (χ4v) is 3.52. The topological polar surface area (TPSA) is 77.0 Å². The van der Waals surface area contributed by atoms with E-state index < -0.39 is 0 Å². The number of aliphatic hydroxyl groups excluding tert-OH is 1. The van der Waals surface area contributed by atoms with Crippen molar-refractivity contribution in [1.29, 1.82) is 0 Å². The summed E-state index contributed by atoms with van der Waals surface area (Å²) in [5.41, 5.74) is 0. The highest BCUT2D eigenvalue weighted by Gasteiger charge is 2.01. The highest BCUT2D eigenvalue weighted by Crippen LogP contribution is 2.13. The number of hydrogen-bond acceptors (Lipinski definition) is 6. The number of thiol groups is 1. The first-order valence-electron chi connectivity index (χ1n) is 12.5. The van der Waals surface area contributed by atoms with Crippen LogP contribution < -0.4 is 5.32 Å². The fourth-order valence-electron chi connectivity index (χ4n) is 3.30. The third kappa shape index (κ3) is 27.6. The number of carbonyl (C=O) groups excluding carboxylic acids is 1. The van der Waals surface area contributed by atoms with Gasteiger partial charge < -0.3 is 24.6 Å². The molecule has 0 aromatic rings. The molecule has 0 unspecified atom stereocenters. The molecule has 0 atom stereocenters. The molecule has 0 aliphatic carbocycles. The van der Waals surface area contributed by atoms with E-state index in [2.05, 4.69) is 17.9 Å². The van der Waals surface area contributed by atoms with Crippen molar-refractivity contribution in [2.45, 2.75) is 89.9 Å². The first-order valence-corrected chi connectivity index (χ1v) is 13.2. The van der Waals surface area contributed by atoms with Crippen LogP contribution in [0.2, 0.25) is 0 Å². The van der Waals surface area contributed by atoms with E-state index in [1.807, 2.05) is 0 Å². The molecular formula is C24H49NO5S. The third-order valence-electron chi connectivity index (χ3n) is 5.11. The average Bonchev–Trinajstić information content (AvgIpc) is 2.77. The van der Waals surface area contributed by atoms with Gasteiger partial charge in [0.15, 0.2) is 0 Å². The van der Waals surface area contributed by atoms with Gasteiger partial charge in [0.05, 0.1) is 46.2 Å². The van der Waals surface area contributed by atoms with Crippen LogP contribution in [-0.2, 0) is 19.0 Å². The highest BCUT2D eigenvalue weighted by molar-refractivity contribution is 7.80. The number of hydrogen-bond donors (Lipinski definition) is 3. The normalized spacial score (nSPS) is 11.2. The summed E-state index contributed by atoms with van der Waals surface area (Å²) in [7, 11) is 0. The molecule has 0 saturated heterocycles. The fraction of sp³-hybridized carbons (Fsp3) is 0.958. The lowest BCUT2D eigenvalue weighted by atomic mass is 10.0. The van der Waals surface area contributed by atoms with E-state index in [9.17, 15) is 4.79 Å². The van der Waals surface area contributed by atoms with E-state index in [1.165, 1.54) is 70.6 Å². The van der Waals surface area contributed by atoms with Crippen LogP contribution in [0.3, 0.4) is 0 Å². The van der Waals surface area contributed by atoms with Crippen molar-refractivity contribution in [1.82, 2.24) is 5.32 Å². The smallest absolute Gasteiger partial charge is 0.220 e. The zero-order valence-corrected chi connectivity index (χ0v) is 20.7. The van der Waals surface area contributed by atoms with E-state index in [1.54, 1.807) is 0 Å². The molecule has 0 aliphatic heterocycles. The van der Waals surface area contributed by atoms with Crippen LogP contribution in [0.25, 0.3) is 0 Å². The summed E-state index contributed by atoms with van der Waals surface area (Å²) in [5.74, 6) is 1.15. The molecule has 0 spiro atoms. The first-order chi connectivity index (χ1) is 15.3. The number of carbonyl (C=O) groups is 1. The van der Waals surface area contributed by atoms with Crippen LogP contribution in [-0.4, -0.2) is 69.6 Å². The Hall–Kier alpha value is -0.340. The molecule has 0 aromatic heterocycles. The molecule has 0 bridgehead atoms. The maximum absolute atomic E-state index is 11.8. The van der Waals surface area contributed by atoms with Crippen LogP contribution >= 0.6 is 12.6 Å². The maximum atomic E-state index is 11.8. The van der Waals surface area contributed by atoms with Crippen molar-refractivity contribution in [3.05, 3.63) is 0 Å². The van der Waals surface area contributed by atoms with E-state index in [0.717, 1.165) is 18.6 Å². The molecule has 6 nitrogen and oxygen atoms in total. The van der Waals surface area contributed by atoms with Gasteiger partial charge in [0.25, 0.3) is 0 Å². The van der Waals surface area contributed by atoms with Gasteiger partial charge in [-0.25, -0.2) is 0 Å². The van der Waals surface area contributed by atoms with Gasteiger partial charge in [-0.05, 0) is 18.6 Å². The van der Waals surface area contributed by atoms with Crippen LogP contribution in [0.1, 0.15) is 89.9 Å². The van der Waals surface area contributed by atoms with Gasteiger partial charge in [-0.3, -0.25) is 4.79 Å². The second-order valence-corrected chi connectivity index (χ2v) is 8.43. The Kier molecular flexibility index (Phi) is 27.4. The molecule has 31 heavy (non-hydrogen) atoms. The Bertz CT molecular complexity index is 361. The minimum atomic E-state index is 0.0345. The van der Waals surface area contributed by atoms with Crippen LogP contribution in [0.4, 0.5) is 0 Å². The molecule has 1 amide bonds. The Labute approximate surface area is 196 Å². The maximum Gasteiger partial charge on any atom is 0.220 e.